The molecule has 0 radical (unpaired) electrons. The van der Waals surface area contributed by atoms with Crippen LogP contribution in [0.25, 0.3) is 0 Å². The average Bonchev–Trinajstić information content (AvgIpc) is 2.55. The molecule has 4 nitrogen and oxygen atoms in total. The van der Waals surface area contributed by atoms with Crippen LogP contribution >= 0.6 is 0 Å². The zero-order valence-electron chi connectivity index (χ0n) is 9.05. The highest BCUT2D eigenvalue weighted by Gasteiger charge is 2.48. The zero-order valence-corrected chi connectivity index (χ0v) is 9.05. The number of fused-ring (bicyclic) bond motifs is 2. The van der Waals surface area contributed by atoms with Gasteiger partial charge in [0.05, 0.1) is 5.41 Å². The predicted molar refractivity (Wildman–Crippen MR) is 59.0 cm³/mol. The molecule has 2 amide bonds. The highest BCUT2D eigenvalue weighted by Crippen LogP contribution is 2.42. The van der Waals surface area contributed by atoms with Crippen LogP contribution in [0, 0.1) is 5.82 Å². The first-order valence-electron chi connectivity index (χ1n) is 5.50. The Bertz CT molecular complexity index is 517. The van der Waals surface area contributed by atoms with E-state index in [9.17, 15) is 14.0 Å². The van der Waals surface area contributed by atoms with Crippen LogP contribution in [0.15, 0.2) is 18.2 Å². The second-order valence-corrected chi connectivity index (χ2v) is 4.50. The molecule has 1 spiro atoms. The van der Waals surface area contributed by atoms with Crippen LogP contribution in [0.4, 0.5) is 10.1 Å². The number of hydrogen-bond donors (Lipinski definition) is 2. The lowest BCUT2D eigenvalue weighted by Crippen LogP contribution is -2.50. The molecule has 2 aliphatic heterocycles. The van der Waals surface area contributed by atoms with Crippen LogP contribution in [0.3, 0.4) is 0 Å². The summed E-state index contributed by atoms with van der Waals surface area (Å²) in [7, 11) is 0. The predicted octanol–water partition coefficient (Wildman–Crippen LogP) is 0.926. The van der Waals surface area contributed by atoms with Crippen molar-refractivity contribution in [2.75, 3.05) is 11.9 Å². The van der Waals surface area contributed by atoms with E-state index >= 15 is 0 Å². The largest absolute Gasteiger partial charge is 0.355 e. The maximum absolute atomic E-state index is 13.1. The molecule has 5 heteroatoms. The minimum atomic E-state index is -0.711. The van der Waals surface area contributed by atoms with Gasteiger partial charge in [-0.1, -0.05) is 6.07 Å². The fourth-order valence-corrected chi connectivity index (χ4v) is 2.58. The molecule has 0 aromatic heterocycles. The van der Waals surface area contributed by atoms with Crippen molar-refractivity contribution in [2.24, 2.45) is 0 Å². The Hall–Kier alpha value is -1.91. The maximum Gasteiger partial charge on any atom is 0.236 e. The van der Waals surface area contributed by atoms with E-state index in [4.69, 9.17) is 0 Å². The highest BCUT2D eigenvalue weighted by molar-refractivity contribution is 6.07. The standard InChI is InChI=1S/C12H11FN2O2/c13-7-1-2-8-9(5-7)15-11(17)12(8)4-3-10(16)14-6-12/h1-2,5H,3-4,6H2,(H,14,16)(H,15,17). The molecule has 1 saturated heterocycles. The first-order chi connectivity index (χ1) is 8.12. The third-order valence-electron chi connectivity index (χ3n) is 3.55. The van der Waals surface area contributed by atoms with Crippen LogP contribution in [0.1, 0.15) is 18.4 Å². The van der Waals surface area contributed by atoms with Crippen LogP contribution in [0.5, 0.6) is 0 Å². The SMILES string of the molecule is O=C1CCC2(CN1)C(=O)Nc1cc(F)ccc12. The van der Waals surface area contributed by atoms with Gasteiger partial charge >= 0.3 is 0 Å². The number of carbonyl (C=O) groups is 2. The number of anilines is 1. The minimum Gasteiger partial charge on any atom is -0.355 e. The van der Waals surface area contributed by atoms with E-state index < -0.39 is 5.41 Å². The quantitative estimate of drug-likeness (QED) is 0.701. The van der Waals surface area contributed by atoms with E-state index in [2.05, 4.69) is 10.6 Å². The molecule has 1 unspecified atom stereocenters. The molecule has 88 valence electrons. The van der Waals surface area contributed by atoms with Gasteiger partial charge in [0.25, 0.3) is 0 Å². The van der Waals surface area contributed by atoms with Crippen molar-refractivity contribution < 1.29 is 14.0 Å². The average molecular weight is 234 g/mol. The van der Waals surface area contributed by atoms with E-state index in [1.165, 1.54) is 12.1 Å². The van der Waals surface area contributed by atoms with Gasteiger partial charge in [-0.25, -0.2) is 4.39 Å². The molecule has 1 fully saturated rings. The lowest BCUT2D eigenvalue weighted by molar-refractivity contribution is -0.127. The van der Waals surface area contributed by atoms with Crippen molar-refractivity contribution >= 4 is 17.5 Å². The van der Waals surface area contributed by atoms with Gasteiger partial charge in [-0.05, 0) is 24.1 Å². The number of halogens is 1. The lowest BCUT2D eigenvalue weighted by Gasteiger charge is -2.31. The monoisotopic (exact) mass is 234 g/mol. The number of hydrogen-bond acceptors (Lipinski definition) is 2. The number of carbonyl (C=O) groups excluding carboxylic acids is 2. The first kappa shape index (κ1) is 10.3. The highest BCUT2D eigenvalue weighted by atomic mass is 19.1. The molecular weight excluding hydrogens is 223 g/mol. The Labute approximate surface area is 97.2 Å². The summed E-state index contributed by atoms with van der Waals surface area (Å²) in [5, 5.41) is 5.39. The van der Waals surface area contributed by atoms with Crippen molar-refractivity contribution in [3.63, 3.8) is 0 Å². The van der Waals surface area contributed by atoms with Gasteiger partial charge in [-0.2, -0.15) is 0 Å². The molecule has 2 aliphatic rings. The third-order valence-corrected chi connectivity index (χ3v) is 3.55. The number of piperidine rings is 1. The van der Waals surface area contributed by atoms with Crippen LogP contribution in [-0.4, -0.2) is 18.4 Å². The van der Waals surface area contributed by atoms with Crippen molar-refractivity contribution in [3.8, 4) is 0 Å². The molecule has 1 aromatic rings. The van der Waals surface area contributed by atoms with Gasteiger partial charge in [0.1, 0.15) is 5.82 Å². The number of amides is 2. The van der Waals surface area contributed by atoms with Crippen molar-refractivity contribution in [1.82, 2.24) is 5.32 Å². The van der Waals surface area contributed by atoms with Crippen molar-refractivity contribution in [2.45, 2.75) is 18.3 Å². The summed E-state index contributed by atoms with van der Waals surface area (Å²) in [6.07, 6.45) is 0.799. The molecule has 17 heavy (non-hydrogen) atoms. The van der Waals surface area contributed by atoms with E-state index in [1.54, 1.807) is 6.07 Å². The summed E-state index contributed by atoms with van der Waals surface area (Å²) < 4.78 is 13.1. The van der Waals surface area contributed by atoms with E-state index in [-0.39, 0.29) is 24.2 Å². The smallest absolute Gasteiger partial charge is 0.236 e. The Morgan fingerprint density at radius 3 is 2.82 bits per heavy atom. The van der Waals surface area contributed by atoms with Crippen molar-refractivity contribution in [3.05, 3.63) is 29.6 Å². The summed E-state index contributed by atoms with van der Waals surface area (Å²) >= 11 is 0. The van der Waals surface area contributed by atoms with E-state index in [1.807, 2.05) is 0 Å². The van der Waals surface area contributed by atoms with Gasteiger partial charge in [-0.15, -0.1) is 0 Å². The molecule has 2 heterocycles. The molecule has 0 bridgehead atoms. The molecule has 3 rings (SSSR count). The van der Waals surface area contributed by atoms with Crippen LogP contribution in [-0.2, 0) is 15.0 Å². The number of rotatable bonds is 0. The second-order valence-electron chi connectivity index (χ2n) is 4.50. The normalized spacial score (nSPS) is 26.6. The fourth-order valence-electron chi connectivity index (χ4n) is 2.58. The van der Waals surface area contributed by atoms with Gasteiger partial charge < -0.3 is 10.6 Å². The first-order valence-corrected chi connectivity index (χ1v) is 5.50. The summed E-state index contributed by atoms with van der Waals surface area (Å²) in [6, 6.07) is 4.29. The second kappa shape index (κ2) is 3.29. The number of benzene rings is 1. The minimum absolute atomic E-state index is 0.0426. The van der Waals surface area contributed by atoms with E-state index in [0.29, 0.717) is 18.5 Å². The zero-order chi connectivity index (χ0) is 12.0. The topological polar surface area (TPSA) is 58.2 Å². The summed E-state index contributed by atoms with van der Waals surface area (Å²) in [4.78, 5) is 23.2. The van der Waals surface area contributed by atoms with Crippen LogP contribution in [0.2, 0.25) is 0 Å². The molecule has 0 aliphatic carbocycles. The Kier molecular flexibility index (Phi) is 1.98. The van der Waals surface area contributed by atoms with E-state index in [0.717, 1.165) is 5.56 Å². The van der Waals surface area contributed by atoms with Gasteiger partial charge in [0.15, 0.2) is 0 Å². The number of nitrogens with one attached hydrogen (secondary N) is 2. The lowest BCUT2D eigenvalue weighted by atomic mass is 9.75. The molecule has 0 saturated carbocycles. The summed E-state index contributed by atoms with van der Waals surface area (Å²) in [5.41, 5.74) is 0.590. The molecular formula is C12H11FN2O2. The molecule has 2 N–H and O–H groups in total. The van der Waals surface area contributed by atoms with Gasteiger partial charge in [0.2, 0.25) is 11.8 Å². The maximum atomic E-state index is 13.1. The fraction of sp³-hybridized carbons (Fsp3) is 0.333. The van der Waals surface area contributed by atoms with Crippen LogP contribution < -0.4 is 10.6 Å². The Balaban J connectivity index is 2.07. The molecule has 1 aromatic carbocycles. The molecule has 1 atom stereocenters. The third kappa shape index (κ3) is 1.35. The van der Waals surface area contributed by atoms with Gasteiger partial charge in [-0.3, -0.25) is 9.59 Å². The van der Waals surface area contributed by atoms with Crippen molar-refractivity contribution in [1.29, 1.82) is 0 Å². The summed E-state index contributed by atoms with van der Waals surface area (Å²) in [6.45, 7) is 0.288. The Morgan fingerprint density at radius 1 is 1.29 bits per heavy atom. The van der Waals surface area contributed by atoms with Gasteiger partial charge in [0, 0.05) is 18.7 Å². The summed E-state index contributed by atoms with van der Waals surface area (Å²) in [5.74, 6) is -0.571. The Morgan fingerprint density at radius 2 is 2.12 bits per heavy atom.